The van der Waals surface area contributed by atoms with Crippen molar-refractivity contribution in [3.63, 3.8) is 0 Å². The van der Waals surface area contributed by atoms with Gasteiger partial charge in [0.25, 0.3) is 0 Å². The predicted octanol–water partition coefficient (Wildman–Crippen LogP) is 4.18. The first-order valence-electron chi connectivity index (χ1n) is 6.20. The predicted molar refractivity (Wildman–Crippen MR) is 82.5 cm³/mol. The van der Waals surface area contributed by atoms with Gasteiger partial charge in [-0.2, -0.15) is 0 Å². The smallest absolute Gasteiger partial charge is 0.120 e. The van der Waals surface area contributed by atoms with E-state index in [4.69, 9.17) is 0 Å². The Labute approximate surface area is 116 Å². The summed E-state index contributed by atoms with van der Waals surface area (Å²) < 4.78 is 2.54. The topological polar surface area (TPSA) is 20.2 Å². The number of hydrogen-bond acceptors (Lipinski definition) is 2. The van der Waals surface area contributed by atoms with Crippen LogP contribution in [0.25, 0.3) is 20.2 Å². The Bertz CT molecular complexity index is 810. The van der Waals surface area contributed by atoms with Crippen LogP contribution in [-0.4, -0.2) is 10.7 Å². The second kappa shape index (κ2) is 4.38. The van der Waals surface area contributed by atoms with Gasteiger partial charge in [0.1, 0.15) is 5.60 Å². The van der Waals surface area contributed by atoms with Crippen LogP contribution < -0.4 is 0 Å². The molecule has 0 amide bonds. The first-order valence-corrected chi connectivity index (χ1v) is 7.01. The molecule has 1 nitrogen and oxygen atoms in total. The quantitative estimate of drug-likeness (QED) is 0.605. The molecule has 0 saturated heterocycles. The third-order valence-electron chi connectivity index (χ3n) is 2.89. The van der Waals surface area contributed by atoms with Crippen LogP contribution in [0.1, 0.15) is 19.4 Å². The normalized spacial score (nSPS) is 11.5. The highest BCUT2D eigenvalue weighted by Crippen LogP contribution is 2.33. The Morgan fingerprint density at radius 1 is 1.00 bits per heavy atom. The van der Waals surface area contributed by atoms with E-state index in [9.17, 15) is 5.11 Å². The summed E-state index contributed by atoms with van der Waals surface area (Å²) in [6.07, 6.45) is 0. The second-order valence-corrected chi connectivity index (χ2v) is 6.20. The molecule has 1 N–H and O–H groups in total. The van der Waals surface area contributed by atoms with Crippen LogP contribution in [-0.2, 0) is 0 Å². The van der Waals surface area contributed by atoms with Gasteiger partial charge in [-0.3, -0.25) is 0 Å². The molecule has 2 aromatic carbocycles. The van der Waals surface area contributed by atoms with E-state index in [1.165, 1.54) is 20.2 Å². The maximum absolute atomic E-state index is 9.64. The maximum Gasteiger partial charge on any atom is 0.120 e. The van der Waals surface area contributed by atoms with Crippen molar-refractivity contribution >= 4 is 31.5 Å². The average Bonchev–Trinajstić information content (AvgIpc) is 2.73. The molecule has 3 rings (SSSR count). The van der Waals surface area contributed by atoms with E-state index in [2.05, 4.69) is 48.2 Å². The zero-order valence-corrected chi connectivity index (χ0v) is 11.7. The van der Waals surface area contributed by atoms with Gasteiger partial charge in [0.05, 0.1) is 0 Å². The minimum absolute atomic E-state index is 0.946. The summed E-state index contributed by atoms with van der Waals surface area (Å²) in [7, 11) is 0. The molecule has 0 bridgehead atoms. The van der Waals surface area contributed by atoms with Gasteiger partial charge in [-0.05, 0) is 32.0 Å². The molecule has 0 radical (unpaired) electrons. The molecule has 1 aromatic heterocycles. The number of thiophene rings is 1. The van der Waals surface area contributed by atoms with Crippen LogP contribution in [0.15, 0.2) is 42.5 Å². The molecule has 0 atom stereocenters. The molecule has 1 heterocycles. The second-order valence-electron chi connectivity index (χ2n) is 5.12. The lowest BCUT2D eigenvalue weighted by atomic mass is 10.1. The molecule has 94 valence electrons. The lowest BCUT2D eigenvalue weighted by Gasteiger charge is -2.05. The highest BCUT2D eigenvalue weighted by molar-refractivity contribution is 7.25. The number of benzene rings is 2. The molecule has 3 aromatic rings. The fourth-order valence-electron chi connectivity index (χ4n) is 2.03. The molecule has 0 unspecified atom stereocenters. The van der Waals surface area contributed by atoms with Crippen molar-refractivity contribution in [2.24, 2.45) is 0 Å². The van der Waals surface area contributed by atoms with Gasteiger partial charge in [-0.25, -0.2) is 0 Å². The molecule has 0 spiro atoms. The molecule has 0 saturated carbocycles. The summed E-state index contributed by atoms with van der Waals surface area (Å²) in [6, 6.07) is 14.6. The Morgan fingerprint density at radius 3 is 2.53 bits per heavy atom. The van der Waals surface area contributed by atoms with Crippen LogP contribution in [0.3, 0.4) is 0 Å². The summed E-state index contributed by atoms with van der Waals surface area (Å²) in [5.41, 5.74) is -0.00375. The van der Waals surface area contributed by atoms with Gasteiger partial charge in [0, 0.05) is 25.7 Å². The summed E-state index contributed by atoms with van der Waals surface area (Å²) in [6.45, 7) is 3.38. The van der Waals surface area contributed by atoms with E-state index < -0.39 is 5.60 Å². The van der Waals surface area contributed by atoms with Crippen molar-refractivity contribution < 1.29 is 5.11 Å². The Kier molecular flexibility index (Phi) is 2.82. The molecule has 19 heavy (non-hydrogen) atoms. The molecule has 0 fully saturated rings. The summed E-state index contributed by atoms with van der Waals surface area (Å²) in [5.74, 6) is 5.87. The Hall–Kier alpha value is -1.82. The van der Waals surface area contributed by atoms with Crippen molar-refractivity contribution in [1.82, 2.24) is 0 Å². The first-order chi connectivity index (χ1) is 9.03. The van der Waals surface area contributed by atoms with Crippen molar-refractivity contribution in [3.8, 4) is 11.8 Å². The lowest BCUT2D eigenvalue weighted by molar-refractivity contribution is 0.143. The molecular formula is C17H14OS. The van der Waals surface area contributed by atoms with Crippen LogP contribution in [0.4, 0.5) is 0 Å². The van der Waals surface area contributed by atoms with Crippen molar-refractivity contribution in [1.29, 1.82) is 0 Å². The maximum atomic E-state index is 9.64. The minimum Gasteiger partial charge on any atom is -0.378 e. The van der Waals surface area contributed by atoms with Gasteiger partial charge in [-0.15, -0.1) is 11.3 Å². The highest BCUT2D eigenvalue weighted by Gasteiger charge is 2.07. The third-order valence-corrected chi connectivity index (χ3v) is 4.03. The van der Waals surface area contributed by atoms with Crippen molar-refractivity contribution in [3.05, 3.63) is 48.0 Å². The van der Waals surface area contributed by atoms with Crippen molar-refractivity contribution in [2.45, 2.75) is 19.4 Å². The van der Waals surface area contributed by atoms with E-state index in [1.807, 2.05) is 6.07 Å². The van der Waals surface area contributed by atoms with Gasteiger partial charge < -0.3 is 5.11 Å². The Balaban J connectivity index is 2.15. The average molecular weight is 266 g/mol. The first kappa shape index (κ1) is 12.2. The lowest BCUT2D eigenvalue weighted by Crippen LogP contribution is -2.14. The monoisotopic (exact) mass is 266 g/mol. The third kappa shape index (κ3) is 2.49. The minimum atomic E-state index is -0.949. The van der Waals surface area contributed by atoms with Crippen LogP contribution in [0, 0.1) is 11.8 Å². The van der Waals surface area contributed by atoms with Gasteiger partial charge in [0.2, 0.25) is 0 Å². The zero-order valence-electron chi connectivity index (χ0n) is 10.9. The fraction of sp³-hybridized carbons (Fsp3) is 0.176. The van der Waals surface area contributed by atoms with Crippen molar-refractivity contribution in [2.75, 3.05) is 0 Å². The van der Waals surface area contributed by atoms with Gasteiger partial charge in [-0.1, -0.05) is 36.1 Å². The van der Waals surface area contributed by atoms with Crippen LogP contribution in [0.2, 0.25) is 0 Å². The molecule has 0 aliphatic rings. The van der Waals surface area contributed by atoms with E-state index in [1.54, 1.807) is 25.2 Å². The van der Waals surface area contributed by atoms with Gasteiger partial charge >= 0.3 is 0 Å². The summed E-state index contributed by atoms with van der Waals surface area (Å²) in [5, 5.41) is 12.2. The number of aliphatic hydroxyl groups is 1. The number of fused-ring (bicyclic) bond motifs is 3. The Morgan fingerprint density at radius 2 is 1.74 bits per heavy atom. The zero-order chi connectivity index (χ0) is 13.5. The highest BCUT2D eigenvalue weighted by atomic mass is 32.1. The largest absolute Gasteiger partial charge is 0.378 e. The molecular weight excluding hydrogens is 252 g/mol. The molecule has 2 heteroatoms. The summed E-state index contributed by atoms with van der Waals surface area (Å²) >= 11 is 1.78. The fourth-order valence-corrected chi connectivity index (χ4v) is 3.17. The van der Waals surface area contributed by atoms with Gasteiger partial charge in [0.15, 0.2) is 0 Å². The van der Waals surface area contributed by atoms with E-state index >= 15 is 0 Å². The molecule has 0 aliphatic carbocycles. The standard InChI is InChI=1S/C17H14OS/c1-17(2,18)10-9-12-7-8-14-13-5-3-4-6-15(13)19-16(14)11-12/h3-8,11,18H,1-2H3. The van der Waals surface area contributed by atoms with E-state index in [-0.39, 0.29) is 0 Å². The number of hydrogen-bond donors (Lipinski definition) is 1. The molecule has 0 aliphatic heterocycles. The van der Waals surface area contributed by atoms with Crippen LogP contribution >= 0.6 is 11.3 Å². The van der Waals surface area contributed by atoms with Crippen LogP contribution in [0.5, 0.6) is 0 Å². The number of rotatable bonds is 0. The SMILES string of the molecule is CC(C)(O)C#Cc1ccc2c(c1)sc1ccccc12. The summed E-state index contributed by atoms with van der Waals surface area (Å²) in [4.78, 5) is 0. The van der Waals surface area contributed by atoms with E-state index in [0.717, 1.165) is 5.56 Å². The van der Waals surface area contributed by atoms with E-state index in [0.29, 0.717) is 0 Å².